The number of phenols is 1. The number of aromatic hydroxyl groups is 1. The van der Waals surface area contributed by atoms with E-state index in [0.29, 0.717) is 0 Å². The molecule has 3 heteroatoms. The van der Waals surface area contributed by atoms with E-state index in [1.165, 1.54) is 0 Å². The second-order valence-electron chi connectivity index (χ2n) is 3.70. The van der Waals surface area contributed by atoms with Gasteiger partial charge in [-0.25, -0.2) is 0 Å². The quantitative estimate of drug-likeness (QED) is 0.741. The van der Waals surface area contributed by atoms with Crippen molar-refractivity contribution in [3.05, 3.63) is 36.4 Å². The summed E-state index contributed by atoms with van der Waals surface area (Å²) in [6.45, 7) is 6.27. The number of rotatable bonds is 4. The number of nitrogens with zero attached hydrogens (tertiary/aromatic N) is 1. The fraction of sp³-hybridized carbons (Fsp3) is 0.333. The van der Waals surface area contributed by atoms with Crippen LogP contribution in [0.15, 0.2) is 30.9 Å². The molecule has 1 rings (SSSR count). The number of nitrogens with two attached hydrogens (primary N) is 1. The van der Waals surface area contributed by atoms with E-state index in [9.17, 15) is 5.11 Å². The molecule has 0 aliphatic heterocycles. The van der Waals surface area contributed by atoms with Gasteiger partial charge < -0.3 is 15.7 Å². The number of likely N-dealkylation sites (N-methyl/N-ethyl adjacent to an activating group) is 1. The van der Waals surface area contributed by atoms with Gasteiger partial charge in [-0.05, 0) is 13.0 Å². The van der Waals surface area contributed by atoms with Gasteiger partial charge in [0.25, 0.3) is 0 Å². The van der Waals surface area contributed by atoms with Crippen molar-refractivity contribution in [2.24, 2.45) is 5.73 Å². The van der Waals surface area contributed by atoms with Crippen LogP contribution in [0.5, 0.6) is 5.75 Å². The highest BCUT2D eigenvalue weighted by Gasteiger charge is 2.08. The van der Waals surface area contributed by atoms with Gasteiger partial charge in [-0.15, -0.1) is 6.58 Å². The predicted molar refractivity (Wildman–Crippen MR) is 64.2 cm³/mol. The summed E-state index contributed by atoms with van der Waals surface area (Å²) in [6.07, 6.45) is 1.82. The van der Waals surface area contributed by atoms with E-state index < -0.39 is 0 Å². The van der Waals surface area contributed by atoms with E-state index in [4.69, 9.17) is 5.73 Å². The third kappa shape index (κ3) is 2.73. The minimum absolute atomic E-state index is 0.149. The molecule has 0 fully saturated rings. The molecule has 0 saturated carbocycles. The number of phenolic OH excluding ortho intramolecular Hbond substituents is 1. The molecule has 1 atom stereocenters. The molecule has 3 nitrogen and oxygen atoms in total. The van der Waals surface area contributed by atoms with Crippen molar-refractivity contribution in [1.82, 2.24) is 0 Å². The molecule has 0 radical (unpaired) electrons. The lowest BCUT2D eigenvalue weighted by Crippen LogP contribution is -2.16. The van der Waals surface area contributed by atoms with Gasteiger partial charge in [-0.3, -0.25) is 0 Å². The molecule has 0 aliphatic rings. The lowest BCUT2D eigenvalue weighted by atomic mass is 10.1. The zero-order chi connectivity index (χ0) is 11.4. The highest BCUT2D eigenvalue weighted by molar-refractivity contribution is 5.53. The zero-order valence-electron chi connectivity index (χ0n) is 9.27. The maximum absolute atomic E-state index is 9.75. The van der Waals surface area contributed by atoms with Crippen molar-refractivity contribution in [2.45, 2.75) is 13.0 Å². The lowest BCUT2D eigenvalue weighted by Gasteiger charge is -2.18. The lowest BCUT2D eigenvalue weighted by molar-refractivity contribution is 0.464. The minimum Gasteiger partial charge on any atom is -0.508 e. The number of benzene rings is 1. The maximum atomic E-state index is 9.75. The SMILES string of the molecule is C=CCN(C)c1ccc(C(C)N)c(O)c1. The van der Waals surface area contributed by atoms with E-state index in [-0.39, 0.29) is 11.8 Å². The second kappa shape index (κ2) is 4.84. The van der Waals surface area contributed by atoms with Gasteiger partial charge >= 0.3 is 0 Å². The van der Waals surface area contributed by atoms with Crippen molar-refractivity contribution in [2.75, 3.05) is 18.5 Å². The monoisotopic (exact) mass is 206 g/mol. The molecule has 0 bridgehead atoms. The Bertz CT molecular complexity index is 347. The van der Waals surface area contributed by atoms with Gasteiger partial charge in [0, 0.05) is 37.0 Å². The standard InChI is InChI=1S/C12H18N2O/c1-4-7-14(3)10-5-6-11(9(2)13)12(15)8-10/h4-6,8-9,15H,1,7,13H2,2-3H3. The second-order valence-corrected chi connectivity index (χ2v) is 3.70. The summed E-state index contributed by atoms with van der Waals surface area (Å²) in [5, 5.41) is 9.75. The molecular weight excluding hydrogens is 188 g/mol. The maximum Gasteiger partial charge on any atom is 0.122 e. The molecule has 0 amide bonds. The first-order valence-corrected chi connectivity index (χ1v) is 4.96. The average Bonchev–Trinajstić information content (AvgIpc) is 2.17. The first kappa shape index (κ1) is 11.6. The fourth-order valence-electron chi connectivity index (χ4n) is 1.45. The van der Waals surface area contributed by atoms with Crippen LogP contribution in [0.25, 0.3) is 0 Å². The van der Waals surface area contributed by atoms with Crippen molar-refractivity contribution in [3.63, 3.8) is 0 Å². The van der Waals surface area contributed by atoms with Gasteiger partial charge in [-0.2, -0.15) is 0 Å². The van der Waals surface area contributed by atoms with Crippen molar-refractivity contribution >= 4 is 5.69 Å². The molecular formula is C12H18N2O. The van der Waals surface area contributed by atoms with E-state index >= 15 is 0 Å². The summed E-state index contributed by atoms with van der Waals surface area (Å²) >= 11 is 0. The highest BCUT2D eigenvalue weighted by Crippen LogP contribution is 2.27. The van der Waals surface area contributed by atoms with Crippen LogP contribution in [-0.4, -0.2) is 18.7 Å². The van der Waals surface area contributed by atoms with Crippen molar-refractivity contribution < 1.29 is 5.11 Å². The fourth-order valence-corrected chi connectivity index (χ4v) is 1.45. The van der Waals surface area contributed by atoms with Gasteiger partial charge in [-0.1, -0.05) is 12.1 Å². The van der Waals surface area contributed by atoms with Crippen LogP contribution in [0.2, 0.25) is 0 Å². The summed E-state index contributed by atoms with van der Waals surface area (Å²) < 4.78 is 0. The Morgan fingerprint density at radius 3 is 2.73 bits per heavy atom. The van der Waals surface area contributed by atoms with Crippen LogP contribution >= 0.6 is 0 Å². The number of anilines is 1. The van der Waals surface area contributed by atoms with Crippen LogP contribution in [0, 0.1) is 0 Å². The Kier molecular flexibility index (Phi) is 3.74. The largest absolute Gasteiger partial charge is 0.508 e. The normalized spacial score (nSPS) is 12.2. The van der Waals surface area contributed by atoms with Gasteiger partial charge in [0.1, 0.15) is 5.75 Å². The Hall–Kier alpha value is -1.48. The molecule has 0 heterocycles. The first-order chi connectivity index (χ1) is 7.06. The Balaban J connectivity index is 2.95. The van der Waals surface area contributed by atoms with Crippen LogP contribution < -0.4 is 10.6 Å². The third-order valence-corrected chi connectivity index (χ3v) is 2.35. The van der Waals surface area contributed by atoms with Gasteiger partial charge in [0.05, 0.1) is 0 Å². The van der Waals surface area contributed by atoms with Crippen molar-refractivity contribution in [1.29, 1.82) is 0 Å². The smallest absolute Gasteiger partial charge is 0.122 e. The molecule has 15 heavy (non-hydrogen) atoms. The van der Waals surface area contributed by atoms with Crippen LogP contribution in [-0.2, 0) is 0 Å². The van der Waals surface area contributed by atoms with E-state index in [0.717, 1.165) is 17.8 Å². The predicted octanol–water partition coefficient (Wildman–Crippen LogP) is 2.03. The molecule has 0 aliphatic carbocycles. The summed E-state index contributed by atoms with van der Waals surface area (Å²) in [5.41, 5.74) is 7.43. The molecule has 0 saturated heterocycles. The molecule has 1 aromatic carbocycles. The van der Waals surface area contributed by atoms with Crippen molar-refractivity contribution in [3.8, 4) is 5.75 Å². The van der Waals surface area contributed by atoms with Crippen LogP contribution in [0.1, 0.15) is 18.5 Å². The first-order valence-electron chi connectivity index (χ1n) is 4.96. The van der Waals surface area contributed by atoms with E-state index in [1.807, 2.05) is 37.1 Å². The van der Waals surface area contributed by atoms with Crippen LogP contribution in [0.3, 0.4) is 0 Å². The number of hydrogen-bond donors (Lipinski definition) is 2. The molecule has 1 unspecified atom stereocenters. The topological polar surface area (TPSA) is 49.5 Å². The Labute approximate surface area is 90.8 Å². The molecule has 0 spiro atoms. The minimum atomic E-state index is -0.149. The third-order valence-electron chi connectivity index (χ3n) is 2.35. The summed E-state index contributed by atoms with van der Waals surface area (Å²) in [7, 11) is 1.95. The summed E-state index contributed by atoms with van der Waals surface area (Å²) in [5.74, 6) is 0.249. The Morgan fingerprint density at radius 1 is 1.60 bits per heavy atom. The van der Waals surface area contributed by atoms with E-state index in [1.54, 1.807) is 6.07 Å². The molecule has 1 aromatic rings. The molecule has 3 N–H and O–H groups in total. The van der Waals surface area contributed by atoms with Crippen LogP contribution in [0.4, 0.5) is 5.69 Å². The zero-order valence-corrected chi connectivity index (χ0v) is 9.27. The molecule has 0 aromatic heterocycles. The molecule has 82 valence electrons. The van der Waals surface area contributed by atoms with Gasteiger partial charge in [0.2, 0.25) is 0 Å². The van der Waals surface area contributed by atoms with E-state index in [2.05, 4.69) is 6.58 Å². The average molecular weight is 206 g/mol. The number of hydrogen-bond acceptors (Lipinski definition) is 3. The van der Waals surface area contributed by atoms with Gasteiger partial charge in [0.15, 0.2) is 0 Å². The summed E-state index contributed by atoms with van der Waals surface area (Å²) in [4.78, 5) is 2.00. The Morgan fingerprint density at radius 2 is 2.27 bits per heavy atom. The summed E-state index contributed by atoms with van der Waals surface area (Å²) in [6, 6.07) is 5.38. The highest BCUT2D eigenvalue weighted by atomic mass is 16.3.